The maximum Gasteiger partial charge on any atom is 0.319 e. The van der Waals surface area contributed by atoms with Gasteiger partial charge in [0.2, 0.25) is 0 Å². The number of hydrogen-bond donors (Lipinski definition) is 4. The number of H-pyrrole nitrogens is 1. The molecule has 1 aliphatic rings. The summed E-state index contributed by atoms with van der Waals surface area (Å²) < 4.78 is 11.4. The molecule has 1 fully saturated rings. The van der Waals surface area contributed by atoms with Gasteiger partial charge in [-0.3, -0.25) is 14.8 Å². The Labute approximate surface area is 198 Å². The van der Waals surface area contributed by atoms with Gasteiger partial charge in [0.1, 0.15) is 11.3 Å². The molecule has 1 aromatic carbocycles. The van der Waals surface area contributed by atoms with Crippen molar-refractivity contribution in [3.8, 4) is 11.8 Å². The lowest BCUT2D eigenvalue weighted by molar-refractivity contribution is -0.122. The van der Waals surface area contributed by atoms with Crippen LogP contribution < -0.4 is 20.5 Å². The fraction of sp³-hybridized carbons (Fsp3) is 0.478. The average Bonchev–Trinajstić information content (AvgIpc) is 3.24. The third-order valence-electron chi connectivity index (χ3n) is 5.54. The van der Waals surface area contributed by atoms with Crippen LogP contribution in [0.1, 0.15) is 36.6 Å². The third kappa shape index (κ3) is 6.55. The number of benzene rings is 1. The monoisotopic (exact) mass is 471 g/mol. The molecule has 0 radical (unpaired) electrons. The number of rotatable bonds is 9. The van der Waals surface area contributed by atoms with E-state index in [0.717, 1.165) is 62.6 Å². The molecule has 11 nitrogen and oxygen atoms in total. The van der Waals surface area contributed by atoms with Crippen molar-refractivity contribution in [2.24, 2.45) is 0 Å². The van der Waals surface area contributed by atoms with Crippen molar-refractivity contribution in [1.82, 2.24) is 30.4 Å². The third-order valence-corrected chi connectivity index (χ3v) is 5.54. The zero-order valence-electron chi connectivity index (χ0n) is 19.7. The van der Waals surface area contributed by atoms with E-state index in [2.05, 4.69) is 55.5 Å². The summed E-state index contributed by atoms with van der Waals surface area (Å²) in [5.74, 6) is 1.18. The number of piperazine rings is 1. The Kier molecular flexibility index (Phi) is 9.41. The van der Waals surface area contributed by atoms with Gasteiger partial charge in [-0.25, -0.2) is 0 Å². The van der Waals surface area contributed by atoms with Crippen LogP contribution in [0.2, 0.25) is 0 Å². The van der Waals surface area contributed by atoms with Gasteiger partial charge in [-0.1, -0.05) is 25.5 Å². The molecule has 184 valence electrons. The van der Waals surface area contributed by atoms with Crippen molar-refractivity contribution in [2.75, 3.05) is 45.6 Å². The Balaban J connectivity index is 0.00000103. The SMILES string of the molecule is CCCCOc1nc(N)c2n[nH]c(Cc3ccc(CN4CCNCC4)cc3OC)c2n1.O=CO. The highest BCUT2D eigenvalue weighted by molar-refractivity contribution is 5.86. The minimum atomic E-state index is -0.250. The number of unbranched alkanes of at least 4 members (excludes halogenated alkanes) is 1. The van der Waals surface area contributed by atoms with Gasteiger partial charge >= 0.3 is 6.01 Å². The lowest BCUT2D eigenvalue weighted by Gasteiger charge is -2.27. The summed E-state index contributed by atoms with van der Waals surface area (Å²) in [6, 6.07) is 6.70. The summed E-state index contributed by atoms with van der Waals surface area (Å²) in [6.45, 7) is 7.55. The van der Waals surface area contributed by atoms with E-state index in [-0.39, 0.29) is 6.47 Å². The second kappa shape index (κ2) is 12.7. The fourth-order valence-electron chi connectivity index (χ4n) is 3.79. The minimum Gasteiger partial charge on any atom is -0.496 e. The number of anilines is 1. The maximum atomic E-state index is 8.36. The molecule has 0 spiro atoms. The molecular weight excluding hydrogens is 438 g/mol. The van der Waals surface area contributed by atoms with Crippen LogP contribution in [0.3, 0.4) is 0 Å². The van der Waals surface area contributed by atoms with Crippen molar-refractivity contribution < 1.29 is 19.4 Å². The molecule has 0 atom stereocenters. The molecule has 0 bridgehead atoms. The number of hydrogen-bond acceptors (Lipinski definition) is 9. The second-order valence-electron chi connectivity index (χ2n) is 7.95. The first kappa shape index (κ1) is 25.2. The van der Waals surface area contributed by atoms with Gasteiger partial charge in [0.05, 0.1) is 19.4 Å². The highest BCUT2D eigenvalue weighted by atomic mass is 16.5. The Morgan fingerprint density at radius 3 is 2.71 bits per heavy atom. The van der Waals surface area contributed by atoms with Gasteiger partial charge in [-0.15, -0.1) is 0 Å². The van der Waals surface area contributed by atoms with E-state index in [1.54, 1.807) is 7.11 Å². The highest BCUT2D eigenvalue weighted by Crippen LogP contribution is 2.27. The molecule has 3 aromatic rings. The molecule has 5 N–H and O–H groups in total. The average molecular weight is 472 g/mol. The Bertz CT molecular complexity index is 1070. The van der Waals surface area contributed by atoms with Gasteiger partial charge in [0.25, 0.3) is 6.47 Å². The lowest BCUT2D eigenvalue weighted by Crippen LogP contribution is -2.42. The van der Waals surface area contributed by atoms with E-state index in [4.69, 9.17) is 25.1 Å². The molecule has 0 aliphatic carbocycles. The molecule has 34 heavy (non-hydrogen) atoms. The number of aromatic amines is 1. The van der Waals surface area contributed by atoms with Crippen LogP contribution in [0.5, 0.6) is 11.8 Å². The summed E-state index contributed by atoms with van der Waals surface area (Å²) in [7, 11) is 1.71. The number of aromatic nitrogens is 4. The molecule has 0 amide bonds. The molecule has 4 rings (SSSR count). The molecular formula is C23H33N7O4. The van der Waals surface area contributed by atoms with Crippen LogP contribution in [0.4, 0.5) is 5.82 Å². The first-order valence-corrected chi connectivity index (χ1v) is 11.4. The van der Waals surface area contributed by atoms with Crippen molar-refractivity contribution in [3.05, 3.63) is 35.0 Å². The number of nitrogen functional groups attached to an aromatic ring is 1. The molecule has 1 saturated heterocycles. The summed E-state index contributed by atoms with van der Waals surface area (Å²) >= 11 is 0. The Hall–Kier alpha value is -3.44. The predicted molar refractivity (Wildman–Crippen MR) is 129 cm³/mol. The molecule has 2 aromatic heterocycles. The quantitative estimate of drug-likeness (QED) is 0.269. The number of methoxy groups -OCH3 is 1. The number of nitrogens with two attached hydrogens (primary N) is 1. The second-order valence-corrected chi connectivity index (χ2v) is 7.95. The summed E-state index contributed by atoms with van der Waals surface area (Å²) in [5.41, 5.74) is 10.5. The first-order chi connectivity index (χ1) is 16.6. The summed E-state index contributed by atoms with van der Waals surface area (Å²) in [5, 5.41) is 17.7. The van der Waals surface area contributed by atoms with E-state index in [0.29, 0.717) is 35.9 Å². The van der Waals surface area contributed by atoms with Crippen molar-refractivity contribution in [3.63, 3.8) is 0 Å². The molecule has 3 heterocycles. The number of fused-ring (bicyclic) bond motifs is 1. The van der Waals surface area contributed by atoms with Gasteiger partial charge in [-0.05, 0) is 18.1 Å². The smallest absolute Gasteiger partial charge is 0.319 e. The number of ether oxygens (including phenoxy) is 2. The van der Waals surface area contributed by atoms with Gasteiger partial charge in [-0.2, -0.15) is 15.1 Å². The van der Waals surface area contributed by atoms with Crippen LogP contribution in [-0.4, -0.2) is 76.5 Å². The van der Waals surface area contributed by atoms with Crippen molar-refractivity contribution in [1.29, 1.82) is 0 Å². The zero-order valence-corrected chi connectivity index (χ0v) is 19.7. The largest absolute Gasteiger partial charge is 0.496 e. The van der Waals surface area contributed by atoms with Crippen LogP contribution >= 0.6 is 0 Å². The van der Waals surface area contributed by atoms with E-state index in [9.17, 15) is 0 Å². The number of nitrogens with one attached hydrogen (secondary N) is 2. The molecule has 0 unspecified atom stereocenters. The Morgan fingerprint density at radius 1 is 1.24 bits per heavy atom. The predicted octanol–water partition coefficient (Wildman–Crippen LogP) is 1.82. The summed E-state index contributed by atoms with van der Waals surface area (Å²) in [6.07, 6.45) is 2.58. The first-order valence-electron chi connectivity index (χ1n) is 11.4. The lowest BCUT2D eigenvalue weighted by atomic mass is 10.0. The van der Waals surface area contributed by atoms with E-state index >= 15 is 0 Å². The molecule has 1 aliphatic heterocycles. The molecule has 11 heteroatoms. The number of nitrogens with zero attached hydrogens (tertiary/aromatic N) is 4. The van der Waals surface area contributed by atoms with E-state index in [1.807, 2.05) is 0 Å². The van der Waals surface area contributed by atoms with Gasteiger partial charge in [0, 0.05) is 44.7 Å². The number of carbonyl (C=O) groups is 1. The highest BCUT2D eigenvalue weighted by Gasteiger charge is 2.17. The van der Waals surface area contributed by atoms with Crippen LogP contribution in [-0.2, 0) is 17.8 Å². The van der Waals surface area contributed by atoms with Crippen molar-refractivity contribution in [2.45, 2.75) is 32.7 Å². The topological polar surface area (TPSA) is 152 Å². The standard InChI is InChI=1S/C22H31N7O2.CH2O2/c1-3-4-11-31-22-25-19-17(27-28-20(19)21(23)26-22)13-16-6-5-15(12-18(16)30-2)14-29-9-7-24-8-10-29;2-1-3/h5-6,12,24H,3-4,7-11,13-14H2,1-2H3,(H,27,28)(H2,23,25,26);1H,(H,2,3). The zero-order chi connectivity index (χ0) is 24.3. The van der Waals surface area contributed by atoms with E-state index in [1.165, 1.54) is 5.56 Å². The maximum absolute atomic E-state index is 8.36. The number of carboxylic acid groups (broad SMARTS) is 1. The Morgan fingerprint density at radius 2 is 2.00 bits per heavy atom. The van der Waals surface area contributed by atoms with E-state index < -0.39 is 0 Å². The van der Waals surface area contributed by atoms with Crippen molar-refractivity contribution >= 4 is 23.3 Å². The summed E-state index contributed by atoms with van der Waals surface area (Å²) in [4.78, 5) is 19.6. The van der Waals surface area contributed by atoms with Crippen LogP contribution in [0.25, 0.3) is 11.0 Å². The molecule has 0 saturated carbocycles. The normalized spacial score (nSPS) is 13.8. The van der Waals surface area contributed by atoms with Crippen LogP contribution in [0, 0.1) is 0 Å². The minimum absolute atomic E-state index is 0.250. The van der Waals surface area contributed by atoms with Crippen LogP contribution in [0.15, 0.2) is 18.2 Å². The fourth-order valence-corrected chi connectivity index (χ4v) is 3.79. The van der Waals surface area contributed by atoms with Gasteiger partial charge < -0.3 is 25.6 Å². The van der Waals surface area contributed by atoms with Gasteiger partial charge in [0.15, 0.2) is 11.3 Å².